The number of carboxylic acid groups (broad SMARTS) is 1. The Morgan fingerprint density at radius 3 is 2.67 bits per heavy atom. The molecule has 0 heterocycles. The predicted octanol–water partition coefficient (Wildman–Crippen LogP) is 2.83. The van der Waals surface area contributed by atoms with Gasteiger partial charge in [0.1, 0.15) is 11.8 Å². The normalized spacial score (nSPS) is 12.0. The van der Waals surface area contributed by atoms with E-state index in [0.29, 0.717) is 13.0 Å². The van der Waals surface area contributed by atoms with Crippen LogP contribution in [0.1, 0.15) is 26.7 Å². The molecule has 0 saturated carbocycles. The fourth-order valence-corrected chi connectivity index (χ4v) is 2.12. The van der Waals surface area contributed by atoms with Crippen LogP contribution in [-0.2, 0) is 9.59 Å². The third kappa shape index (κ3) is 6.62. The number of amides is 1. The molecule has 1 amide bonds. The van der Waals surface area contributed by atoms with Gasteiger partial charge >= 0.3 is 5.97 Å². The summed E-state index contributed by atoms with van der Waals surface area (Å²) >= 11 is 3.35. The molecular weight excluding hydrogens is 338 g/mol. The van der Waals surface area contributed by atoms with E-state index in [1.54, 1.807) is 13.8 Å². The zero-order valence-electron chi connectivity index (χ0n) is 12.1. The van der Waals surface area contributed by atoms with Crippen molar-refractivity contribution in [3.63, 3.8) is 0 Å². The number of carbonyl (C=O) groups is 2. The minimum atomic E-state index is -1.01. The molecule has 2 N–H and O–H groups in total. The molecule has 5 nitrogen and oxygen atoms in total. The summed E-state index contributed by atoms with van der Waals surface area (Å²) in [6.07, 6.45) is 0.771. The Morgan fingerprint density at radius 1 is 1.38 bits per heavy atom. The van der Waals surface area contributed by atoms with Crippen LogP contribution in [0.3, 0.4) is 0 Å². The van der Waals surface area contributed by atoms with E-state index in [-0.39, 0.29) is 18.2 Å². The highest BCUT2D eigenvalue weighted by Crippen LogP contribution is 2.17. The SMILES string of the molecule is CC(C)[C@H](NC(=O)CCCOc1cccc(Br)c1)C(=O)O. The molecule has 0 fully saturated rings. The molecule has 0 saturated heterocycles. The molecule has 0 aliphatic rings. The molecule has 21 heavy (non-hydrogen) atoms. The smallest absolute Gasteiger partial charge is 0.326 e. The quantitative estimate of drug-likeness (QED) is 0.701. The van der Waals surface area contributed by atoms with Gasteiger partial charge in [-0.05, 0) is 30.5 Å². The van der Waals surface area contributed by atoms with Gasteiger partial charge in [0.2, 0.25) is 5.91 Å². The van der Waals surface area contributed by atoms with E-state index in [2.05, 4.69) is 21.2 Å². The van der Waals surface area contributed by atoms with Crippen LogP contribution in [-0.4, -0.2) is 29.6 Å². The van der Waals surface area contributed by atoms with Crippen LogP contribution in [0.5, 0.6) is 5.75 Å². The van der Waals surface area contributed by atoms with E-state index >= 15 is 0 Å². The van der Waals surface area contributed by atoms with Crippen molar-refractivity contribution in [3.05, 3.63) is 28.7 Å². The second-order valence-electron chi connectivity index (χ2n) is 5.04. The minimum Gasteiger partial charge on any atom is -0.494 e. The molecule has 0 aliphatic carbocycles. The lowest BCUT2D eigenvalue weighted by Crippen LogP contribution is -2.44. The zero-order chi connectivity index (χ0) is 15.8. The summed E-state index contributed by atoms with van der Waals surface area (Å²) in [6.45, 7) is 3.92. The zero-order valence-corrected chi connectivity index (χ0v) is 13.7. The maximum absolute atomic E-state index is 11.7. The monoisotopic (exact) mass is 357 g/mol. The third-order valence-corrected chi connectivity index (χ3v) is 3.36. The summed E-state index contributed by atoms with van der Waals surface area (Å²) < 4.78 is 6.44. The summed E-state index contributed by atoms with van der Waals surface area (Å²) in [5.41, 5.74) is 0. The van der Waals surface area contributed by atoms with Crippen LogP contribution in [0.2, 0.25) is 0 Å². The Balaban J connectivity index is 2.29. The lowest BCUT2D eigenvalue weighted by atomic mass is 10.0. The van der Waals surface area contributed by atoms with Crippen molar-refractivity contribution in [3.8, 4) is 5.75 Å². The Kier molecular flexibility index (Phi) is 7.22. The van der Waals surface area contributed by atoms with Gasteiger partial charge in [0.25, 0.3) is 0 Å². The van der Waals surface area contributed by atoms with E-state index in [1.807, 2.05) is 24.3 Å². The first-order valence-corrected chi connectivity index (χ1v) is 7.60. The summed E-state index contributed by atoms with van der Waals surface area (Å²) in [4.78, 5) is 22.7. The first-order valence-electron chi connectivity index (χ1n) is 6.80. The number of hydrogen-bond donors (Lipinski definition) is 2. The Bertz CT molecular complexity index is 490. The summed E-state index contributed by atoms with van der Waals surface area (Å²) in [6, 6.07) is 6.61. The van der Waals surface area contributed by atoms with Gasteiger partial charge in [-0.3, -0.25) is 4.79 Å². The lowest BCUT2D eigenvalue weighted by Gasteiger charge is -2.17. The van der Waals surface area contributed by atoms with Gasteiger partial charge < -0.3 is 15.2 Å². The van der Waals surface area contributed by atoms with Crippen molar-refractivity contribution in [2.75, 3.05) is 6.61 Å². The molecule has 1 rings (SSSR count). The highest BCUT2D eigenvalue weighted by atomic mass is 79.9. The van der Waals surface area contributed by atoms with Crippen molar-refractivity contribution in [1.29, 1.82) is 0 Å². The topological polar surface area (TPSA) is 75.6 Å². The van der Waals surface area contributed by atoms with Crippen LogP contribution in [0.15, 0.2) is 28.7 Å². The molecule has 0 unspecified atom stereocenters. The summed E-state index contributed by atoms with van der Waals surface area (Å²) in [5, 5.41) is 11.5. The molecular formula is C15H20BrNO4. The maximum Gasteiger partial charge on any atom is 0.326 e. The standard InChI is InChI=1S/C15H20BrNO4/c1-10(2)14(15(19)20)17-13(18)7-4-8-21-12-6-3-5-11(16)9-12/h3,5-6,9-10,14H,4,7-8H2,1-2H3,(H,17,18)(H,19,20)/t14-/m0/s1. The third-order valence-electron chi connectivity index (χ3n) is 2.86. The number of rotatable bonds is 8. The van der Waals surface area contributed by atoms with Gasteiger partial charge in [-0.25, -0.2) is 4.79 Å². The fraction of sp³-hybridized carbons (Fsp3) is 0.467. The number of halogens is 1. The van der Waals surface area contributed by atoms with Crippen LogP contribution in [0, 0.1) is 5.92 Å². The van der Waals surface area contributed by atoms with Gasteiger partial charge in [0.15, 0.2) is 0 Å². The molecule has 0 bridgehead atoms. The van der Waals surface area contributed by atoms with Crippen LogP contribution in [0.4, 0.5) is 0 Å². The molecule has 0 spiro atoms. The Morgan fingerprint density at radius 2 is 2.10 bits per heavy atom. The van der Waals surface area contributed by atoms with Crippen molar-refractivity contribution in [1.82, 2.24) is 5.32 Å². The van der Waals surface area contributed by atoms with Crippen LogP contribution < -0.4 is 10.1 Å². The first kappa shape index (κ1) is 17.5. The van der Waals surface area contributed by atoms with Gasteiger partial charge in [-0.1, -0.05) is 35.8 Å². The van der Waals surface area contributed by atoms with Crippen molar-refractivity contribution >= 4 is 27.8 Å². The highest BCUT2D eigenvalue weighted by Gasteiger charge is 2.22. The Labute approximate surface area is 132 Å². The molecule has 1 aromatic rings. The average Bonchev–Trinajstić information content (AvgIpc) is 2.40. The van der Waals surface area contributed by atoms with Crippen molar-refractivity contribution in [2.24, 2.45) is 5.92 Å². The molecule has 6 heteroatoms. The van der Waals surface area contributed by atoms with Crippen molar-refractivity contribution < 1.29 is 19.4 Å². The number of hydrogen-bond acceptors (Lipinski definition) is 3. The second kappa shape index (κ2) is 8.67. The number of aliphatic carboxylic acids is 1. The molecule has 0 radical (unpaired) electrons. The van der Waals surface area contributed by atoms with Gasteiger partial charge in [0, 0.05) is 10.9 Å². The molecule has 0 aliphatic heterocycles. The average molecular weight is 358 g/mol. The molecule has 0 aromatic heterocycles. The minimum absolute atomic E-state index is 0.149. The largest absolute Gasteiger partial charge is 0.494 e. The predicted molar refractivity (Wildman–Crippen MR) is 83.3 cm³/mol. The van der Waals surface area contributed by atoms with E-state index < -0.39 is 12.0 Å². The number of benzene rings is 1. The van der Waals surface area contributed by atoms with Gasteiger partial charge in [-0.2, -0.15) is 0 Å². The van der Waals surface area contributed by atoms with E-state index in [0.717, 1.165) is 10.2 Å². The molecule has 1 atom stereocenters. The van der Waals surface area contributed by atoms with Crippen LogP contribution in [0.25, 0.3) is 0 Å². The number of carbonyl (C=O) groups excluding carboxylic acids is 1. The van der Waals surface area contributed by atoms with E-state index in [1.165, 1.54) is 0 Å². The maximum atomic E-state index is 11.7. The second-order valence-corrected chi connectivity index (χ2v) is 5.95. The van der Waals surface area contributed by atoms with Crippen molar-refractivity contribution in [2.45, 2.75) is 32.7 Å². The fourth-order valence-electron chi connectivity index (χ4n) is 1.74. The molecule has 116 valence electrons. The summed E-state index contributed by atoms with van der Waals surface area (Å²) in [5.74, 6) is -0.697. The van der Waals surface area contributed by atoms with E-state index in [4.69, 9.17) is 9.84 Å². The first-order chi connectivity index (χ1) is 9.90. The molecule has 1 aromatic carbocycles. The number of nitrogens with one attached hydrogen (secondary N) is 1. The van der Waals surface area contributed by atoms with Gasteiger partial charge in [-0.15, -0.1) is 0 Å². The Hall–Kier alpha value is -1.56. The summed E-state index contributed by atoms with van der Waals surface area (Å²) in [7, 11) is 0. The van der Waals surface area contributed by atoms with Gasteiger partial charge in [0.05, 0.1) is 6.61 Å². The van der Waals surface area contributed by atoms with E-state index in [9.17, 15) is 9.59 Å². The van der Waals surface area contributed by atoms with Crippen LogP contribution >= 0.6 is 15.9 Å². The number of ether oxygens (including phenoxy) is 1. The number of carboxylic acids is 1. The highest BCUT2D eigenvalue weighted by molar-refractivity contribution is 9.10. The lowest BCUT2D eigenvalue weighted by molar-refractivity contribution is -0.143.